The average Bonchev–Trinajstić information content (AvgIpc) is 3.18. The third kappa shape index (κ3) is 3.58. The maximum atomic E-state index is 10.5. The van der Waals surface area contributed by atoms with Gasteiger partial charge in [-0.25, -0.2) is 0 Å². The lowest BCUT2D eigenvalue weighted by Crippen LogP contribution is -2.24. The van der Waals surface area contributed by atoms with Crippen molar-refractivity contribution in [3.8, 4) is 0 Å². The van der Waals surface area contributed by atoms with Crippen molar-refractivity contribution in [3.05, 3.63) is 35.4 Å². The highest BCUT2D eigenvalue weighted by Crippen LogP contribution is 2.40. The first-order valence-electron chi connectivity index (χ1n) is 7.33. The van der Waals surface area contributed by atoms with Crippen LogP contribution in [0.3, 0.4) is 0 Å². The van der Waals surface area contributed by atoms with Crippen molar-refractivity contribution in [3.63, 3.8) is 0 Å². The Morgan fingerprint density at radius 1 is 1.21 bits per heavy atom. The molecule has 1 fully saturated rings. The van der Waals surface area contributed by atoms with E-state index in [0.717, 1.165) is 5.56 Å². The van der Waals surface area contributed by atoms with E-state index in [2.05, 4.69) is 32.9 Å². The van der Waals surface area contributed by atoms with E-state index in [1.807, 2.05) is 19.1 Å². The van der Waals surface area contributed by atoms with Crippen molar-refractivity contribution >= 4 is 0 Å². The Balaban J connectivity index is 2.12. The van der Waals surface area contributed by atoms with Crippen LogP contribution in [0.2, 0.25) is 0 Å². The molecule has 1 N–H and O–H groups in total. The van der Waals surface area contributed by atoms with Crippen LogP contribution in [0.25, 0.3) is 0 Å². The molecule has 2 nitrogen and oxygen atoms in total. The molecule has 2 atom stereocenters. The molecule has 1 aromatic carbocycles. The third-order valence-corrected chi connectivity index (χ3v) is 3.88. The summed E-state index contributed by atoms with van der Waals surface area (Å²) in [5.41, 5.74) is 2.42. The molecule has 0 heterocycles. The molecule has 1 aliphatic carbocycles. The highest BCUT2D eigenvalue weighted by molar-refractivity contribution is 5.29. The lowest BCUT2D eigenvalue weighted by molar-refractivity contribution is -0.0462. The summed E-state index contributed by atoms with van der Waals surface area (Å²) in [6, 6.07) is 8.32. The SMILES string of the molecule is CCOC(C1CC1)C(O)c1ccc(C(C)(C)C)cc1. The quantitative estimate of drug-likeness (QED) is 0.873. The van der Waals surface area contributed by atoms with Gasteiger partial charge in [0.15, 0.2) is 0 Å². The number of benzene rings is 1. The van der Waals surface area contributed by atoms with Gasteiger partial charge in [-0.3, -0.25) is 0 Å². The van der Waals surface area contributed by atoms with Crippen molar-refractivity contribution in [2.45, 2.75) is 58.2 Å². The number of rotatable bonds is 5. The standard InChI is InChI=1S/C17H26O2/c1-5-19-16(13-6-7-13)15(18)12-8-10-14(11-9-12)17(2,3)4/h8-11,13,15-16,18H,5-7H2,1-4H3. The van der Waals surface area contributed by atoms with Gasteiger partial charge in [-0.2, -0.15) is 0 Å². The van der Waals surface area contributed by atoms with E-state index >= 15 is 0 Å². The van der Waals surface area contributed by atoms with Crippen LogP contribution in [-0.4, -0.2) is 17.8 Å². The maximum absolute atomic E-state index is 10.5. The van der Waals surface area contributed by atoms with Gasteiger partial charge in [-0.05, 0) is 42.2 Å². The fourth-order valence-electron chi connectivity index (χ4n) is 2.47. The lowest BCUT2D eigenvalue weighted by Gasteiger charge is -2.24. The van der Waals surface area contributed by atoms with Gasteiger partial charge in [-0.15, -0.1) is 0 Å². The van der Waals surface area contributed by atoms with Crippen molar-refractivity contribution < 1.29 is 9.84 Å². The second-order valence-corrected chi connectivity index (χ2v) is 6.57. The summed E-state index contributed by atoms with van der Waals surface area (Å²) in [6.45, 7) is 9.26. The minimum absolute atomic E-state index is 0.0366. The molecule has 0 aliphatic heterocycles. The largest absolute Gasteiger partial charge is 0.386 e. The van der Waals surface area contributed by atoms with E-state index < -0.39 is 6.10 Å². The van der Waals surface area contributed by atoms with Crippen LogP contribution in [0.4, 0.5) is 0 Å². The lowest BCUT2D eigenvalue weighted by atomic mass is 9.86. The molecule has 106 valence electrons. The van der Waals surface area contributed by atoms with Crippen molar-refractivity contribution in [1.82, 2.24) is 0 Å². The Bertz CT molecular complexity index is 398. The number of aliphatic hydroxyl groups excluding tert-OH is 1. The molecule has 0 bridgehead atoms. The minimum atomic E-state index is -0.499. The molecule has 2 unspecified atom stereocenters. The van der Waals surface area contributed by atoms with E-state index in [4.69, 9.17) is 4.74 Å². The van der Waals surface area contributed by atoms with Crippen molar-refractivity contribution in [2.24, 2.45) is 5.92 Å². The molecule has 0 radical (unpaired) electrons. The topological polar surface area (TPSA) is 29.5 Å². The average molecular weight is 262 g/mol. The van der Waals surface area contributed by atoms with Gasteiger partial charge in [0, 0.05) is 6.61 Å². The number of hydrogen-bond donors (Lipinski definition) is 1. The van der Waals surface area contributed by atoms with Gasteiger partial charge in [0.1, 0.15) is 6.10 Å². The van der Waals surface area contributed by atoms with Crippen molar-refractivity contribution in [1.29, 1.82) is 0 Å². The van der Waals surface area contributed by atoms with E-state index in [-0.39, 0.29) is 11.5 Å². The highest BCUT2D eigenvalue weighted by Gasteiger charge is 2.37. The Kier molecular flexibility index (Phi) is 4.32. The summed E-state index contributed by atoms with van der Waals surface area (Å²) in [4.78, 5) is 0. The fourth-order valence-corrected chi connectivity index (χ4v) is 2.47. The van der Waals surface area contributed by atoms with Crippen LogP contribution in [-0.2, 0) is 10.2 Å². The first kappa shape index (κ1) is 14.5. The van der Waals surface area contributed by atoms with Gasteiger partial charge in [0.2, 0.25) is 0 Å². The summed E-state index contributed by atoms with van der Waals surface area (Å²) in [5, 5.41) is 10.5. The monoisotopic (exact) mass is 262 g/mol. The predicted octanol–water partition coefficient (Wildman–Crippen LogP) is 3.83. The molecule has 1 aromatic rings. The first-order chi connectivity index (χ1) is 8.93. The summed E-state index contributed by atoms with van der Waals surface area (Å²) < 4.78 is 5.73. The molecular weight excluding hydrogens is 236 g/mol. The zero-order valence-electron chi connectivity index (χ0n) is 12.5. The number of aliphatic hydroxyl groups is 1. The summed E-state index contributed by atoms with van der Waals surface area (Å²) in [5.74, 6) is 0.539. The predicted molar refractivity (Wildman–Crippen MR) is 78.2 cm³/mol. The van der Waals surface area contributed by atoms with Gasteiger partial charge in [0.25, 0.3) is 0 Å². The second kappa shape index (κ2) is 5.64. The van der Waals surface area contributed by atoms with Gasteiger partial charge < -0.3 is 9.84 Å². The second-order valence-electron chi connectivity index (χ2n) is 6.57. The number of hydrogen-bond acceptors (Lipinski definition) is 2. The van der Waals surface area contributed by atoms with Crippen LogP contribution in [0.1, 0.15) is 57.8 Å². The zero-order valence-corrected chi connectivity index (χ0v) is 12.5. The molecule has 1 saturated carbocycles. The van der Waals surface area contributed by atoms with Crippen molar-refractivity contribution in [2.75, 3.05) is 6.61 Å². The van der Waals surface area contributed by atoms with Crippen LogP contribution in [0, 0.1) is 5.92 Å². The Morgan fingerprint density at radius 3 is 2.21 bits per heavy atom. The highest BCUT2D eigenvalue weighted by atomic mass is 16.5. The minimum Gasteiger partial charge on any atom is -0.386 e. The van der Waals surface area contributed by atoms with Gasteiger partial charge in [-0.1, -0.05) is 45.0 Å². The van der Waals surface area contributed by atoms with Crippen LogP contribution < -0.4 is 0 Å². The molecule has 0 spiro atoms. The van der Waals surface area contributed by atoms with E-state index in [9.17, 15) is 5.11 Å². The number of ether oxygens (including phenoxy) is 1. The molecule has 0 amide bonds. The van der Waals surface area contributed by atoms with Crippen LogP contribution >= 0.6 is 0 Å². The molecular formula is C17H26O2. The van der Waals surface area contributed by atoms with E-state index in [1.54, 1.807) is 0 Å². The summed E-state index contributed by atoms with van der Waals surface area (Å²) >= 11 is 0. The molecule has 0 aromatic heterocycles. The summed E-state index contributed by atoms with van der Waals surface area (Å²) in [6.07, 6.45) is 1.83. The zero-order chi connectivity index (χ0) is 14.0. The van der Waals surface area contributed by atoms with Crippen LogP contribution in [0.5, 0.6) is 0 Å². The molecule has 2 heteroatoms. The van der Waals surface area contributed by atoms with Crippen LogP contribution in [0.15, 0.2) is 24.3 Å². The van der Waals surface area contributed by atoms with E-state index in [1.165, 1.54) is 18.4 Å². The van der Waals surface area contributed by atoms with E-state index in [0.29, 0.717) is 12.5 Å². The fraction of sp³-hybridized carbons (Fsp3) is 0.647. The first-order valence-corrected chi connectivity index (χ1v) is 7.33. The normalized spacial score (nSPS) is 19.2. The third-order valence-electron chi connectivity index (χ3n) is 3.88. The summed E-state index contributed by atoms with van der Waals surface area (Å²) in [7, 11) is 0. The molecule has 2 rings (SSSR count). The molecule has 1 aliphatic rings. The van der Waals surface area contributed by atoms with Gasteiger partial charge in [0.05, 0.1) is 6.10 Å². The Labute approximate surface area is 116 Å². The molecule has 19 heavy (non-hydrogen) atoms. The Hall–Kier alpha value is -0.860. The maximum Gasteiger partial charge on any atom is 0.105 e. The molecule has 0 saturated heterocycles. The Morgan fingerprint density at radius 2 is 1.79 bits per heavy atom. The van der Waals surface area contributed by atoms with Gasteiger partial charge >= 0.3 is 0 Å². The smallest absolute Gasteiger partial charge is 0.105 e.